The summed E-state index contributed by atoms with van der Waals surface area (Å²) in [5, 5.41) is 3.30. The first-order chi connectivity index (χ1) is 11.3. The van der Waals surface area contributed by atoms with Crippen molar-refractivity contribution in [3.05, 3.63) is 24.4 Å². The number of carbonyl (C=O) groups is 1. The molecular formula is C18H28N4O. The Hall–Kier alpha value is -1.62. The van der Waals surface area contributed by atoms with Gasteiger partial charge in [-0.05, 0) is 50.9 Å². The van der Waals surface area contributed by atoms with Crippen molar-refractivity contribution < 1.29 is 4.79 Å². The van der Waals surface area contributed by atoms with Gasteiger partial charge in [-0.2, -0.15) is 0 Å². The molecule has 0 radical (unpaired) electrons. The van der Waals surface area contributed by atoms with Gasteiger partial charge in [0.05, 0.1) is 5.92 Å². The summed E-state index contributed by atoms with van der Waals surface area (Å²) in [6.45, 7) is 7.21. The molecule has 0 saturated carbocycles. The maximum absolute atomic E-state index is 12.7. The Morgan fingerprint density at radius 3 is 2.91 bits per heavy atom. The highest BCUT2D eigenvalue weighted by molar-refractivity contribution is 5.79. The lowest BCUT2D eigenvalue weighted by Crippen LogP contribution is -2.51. The highest BCUT2D eigenvalue weighted by atomic mass is 16.2. The molecule has 0 aromatic carbocycles. The number of carbonyl (C=O) groups excluding carboxylic acids is 1. The fraction of sp³-hybridized carbons (Fsp3) is 0.667. The van der Waals surface area contributed by atoms with Crippen LogP contribution in [-0.4, -0.2) is 54.6 Å². The van der Waals surface area contributed by atoms with E-state index in [0.717, 1.165) is 51.3 Å². The normalized spacial score (nSPS) is 26.0. The third-order valence-electron chi connectivity index (χ3n) is 5.06. The van der Waals surface area contributed by atoms with Crippen molar-refractivity contribution in [2.45, 2.75) is 38.6 Å². The topological polar surface area (TPSA) is 48.5 Å². The molecule has 3 heterocycles. The van der Waals surface area contributed by atoms with Crippen LogP contribution >= 0.6 is 0 Å². The number of nitrogens with one attached hydrogen (secondary N) is 1. The lowest BCUT2D eigenvalue weighted by molar-refractivity contribution is -0.126. The summed E-state index contributed by atoms with van der Waals surface area (Å²) in [5.74, 6) is 1.30. The minimum atomic E-state index is 0.0859. The second-order valence-electron chi connectivity index (χ2n) is 6.71. The molecule has 1 aromatic rings. The third kappa shape index (κ3) is 4.22. The number of amides is 1. The van der Waals surface area contributed by atoms with E-state index >= 15 is 0 Å². The number of likely N-dealkylation sites (tertiary alicyclic amines) is 1. The molecule has 5 nitrogen and oxygen atoms in total. The maximum Gasteiger partial charge on any atom is 0.225 e. The Kier molecular flexibility index (Phi) is 5.49. The zero-order valence-corrected chi connectivity index (χ0v) is 14.1. The molecule has 0 spiro atoms. The molecule has 1 N–H and O–H groups in total. The fourth-order valence-corrected chi connectivity index (χ4v) is 3.72. The van der Waals surface area contributed by atoms with Crippen LogP contribution in [0.25, 0.3) is 0 Å². The Labute approximate surface area is 139 Å². The molecule has 2 saturated heterocycles. The molecule has 23 heavy (non-hydrogen) atoms. The van der Waals surface area contributed by atoms with E-state index < -0.39 is 0 Å². The van der Waals surface area contributed by atoms with Crippen molar-refractivity contribution >= 4 is 11.7 Å². The van der Waals surface area contributed by atoms with Gasteiger partial charge in [-0.25, -0.2) is 4.98 Å². The average Bonchev–Trinajstić information content (AvgIpc) is 2.63. The van der Waals surface area contributed by atoms with Crippen LogP contribution in [0.4, 0.5) is 5.82 Å². The fourth-order valence-electron chi connectivity index (χ4n) is 3.72. The smallest absolute Gasteiger partial charge is 0.225 e. The second-order valence-corrected chi connectivity index (χ2v) is 6.71. The molecule has 1 amide bonds. The monoisotopic (exact) mass is 316 g/mol. The first kappa shape index (κ1) is 16.2. The van der Waals surface area contributed by atoms with Crippen LogP contribution in [0.5, 0.6) is 0 Å². The van der Waals surface area contributed by atoms with Crippen molar-refractivity contribution in [3.8, 4) is 0 Å². The number of piperidine rings is 2. The van der Waals surface area contributed by atoms with E-state index in [0.29, 0.717) is 6.04 Å². The molecule has 2 aliphatic rings. The number of nitrogens with zero attached hydrogens (tertiary/aromatic N) is 3. The predicted octanol–water partition coefficient (Wildman–Crippen LogP) is 1.90. The van der Waals surface area contributed by atoms with Crippen molar-refractivity contribution in [1.82, 2.24) is 15.2 Å². The summed E-state index contributed by atoms with van der Waals surface area (Å²) in [6.07, 6.45) is 6.16. The Morgan fingerprint density at radius 1 is 1.26 bits per heavy atom. The van der Waals surface area contributed by atoms with Crippen LogP contribution in [0.3, 0.4) is 0 Å². The number of anilines is 1. The molecular weight excluding hydrogens is 288 g/mol. The van der Waals surface area contributed by atoms with Crippen LogP contribution in [0.1, 0.15) is 32.6 Å². The van der Waals surface area contributed by atoms with Gasteiger partial charge in [0.2, 0.25) is 5.91 Å². The number of likely N-dealkylation sites (N-methyl/N-ethyl adjacent to an activating group) is 1. The van der Waals surface area contributed by atoms with Crippen LogP contribution in [0, 0.1) is 5.92 Å². The van der Waals surface area contributed by atoms with Gasteiger partial charge in [0.25, 0.3) is 0 Å². The average molecular weight is 316 g/mol. The van der Waals surface area contributed by atoms with Crippen LogP contribution in [0.15, 0.2) is 24.4 Å². The largest absolute Gasteiger partial charge is 0.356 e. The van der Waals surface area contributed by atoms with E-state index in [2.05, 4.69) is 27.0 Å². The molecule has 0 unspecified atom stereocenters. The summed E-state index contributed by atoms with van der Waals surface area (Å²) in [6, 6.07) is 6.29. The lowest BCUT2D eigenvalue weighted by atomic mass is 9.96. The Morgan fingerprint density at radius 2 is 2.13 bits per heavy atom. The highest BCUT2D eigenvalue weighted by Crippen LogP contribution is 2.22. The van der Waals surface area contributed by atoms with E-state index in [4.69, 9.17) is 0 Å². The molecule has 2 fully saturated rings. The van der Waals surface area contributed by atoms with Gasteiger partial charge in [0, 0.05) is 31.9 Å². The number of hydrogen-bond acceptors (Lipinski definition) is 4. The standard InChI is InChI=1S/C18H28N4O/c1-2-21-11-6-8-16(14-21)20-18(23)15-7-5-12-22(13-15)17-9-3-4-10-19-17/h3-4,9-10,15-16H,2,5-8,11-14H2,1H3,(H,20,23)/t15-,16+/m1/s1. The van der Waals surface area contributed by atoms with Crippen molar-refractivity contribution in [2.24, 2.45) is 5.92 Å². The number of hydrogen-bond donors (Lipinski definition) is 1. The molecule has 1 aromatic heterocycles. The zero-order chi connectivity index (χ0) is 16.1. The van der Waals surface area contributed by atoms with Crippen molar-refractivity contribution in [1.29, 1.82) is 0 Å². The van der Waals surface area contributed by atoms with Crippen molar-refractivity contribution in [3.63, 3.8) is 0 Å². The van der Waals surface area contributed by atoms with E-state index in [1.54, 1.807) is 0 Å². The second kappa shape index (κ2) is 7.77. The minimum Gasteiger partial charge on any atom is -0.356 e. The maximum atomic E-state index is 12.7. The molecule has 2 atom stereocenters. The van der Waals surface area contributed by atoms with Crippen molar-refractivity contribution in [2.75, 3.05) is 37.6 Å². The molecule has 0 aliphatic carbocycles. The summed E-state index contributed by atoms with van der Waals surface area (Å²) in [7, 11) is 0. The Balaban J connectivity index is 1.55. The number of rotatable bonds is 4. The molecule has 2 aliphatic heterocycles. The van der Waals surface area contributed by atoms with E-state index in [1.165, 1.54) is 13.0 Å². The summed E-state index contributed by atoms with van der Waals surface area (Å²) < 4.78 is 0. The Bertz CT molecular complexity index is 507. The zero-order valence-electron chi connectivity index (χ0n) is 14.1. The SMILES string of the molecule is CCN1CCC[C@H](NC(=O)[C@@H]2CCCN(c3ccccn3)C2)C1. The summed E-state index contributed by atoms with van der Waals surface area (Å²) in [4.78, 5) is 21.8. The number of aromatic nitrogens is 1. The van der Waals surface area contributed by atoms with Gasteiger partial charge in [0.15, 0.2) is 0 Å². The number of pyridine rings is 1. The van der Waals surface area contributed by atoms with E-state index in [1.807, 2.05) is 24.4 Å². The van der Waals surface area contributed by atoms with E-state index in [9.17, 15) is 4.79 Å². The van der Waals surface area contributed by atoms with Crippen LogP contribution in [-0.2, 0) is 4.79 Å². The molecule has 0 bridgehead atoms. The lowest BCUT2D eigenvalue weighted by Gasteiger charge is -2.36. The predicted molar refractivity (Wildman–Crippen MR) is 92.5 cm³/mol. The summed E-state index contributed by atoms with van der Waals surface area (Å²) >= 11 is 0. The molecule has 5 heteroatoms. The van der Waals surface area contributed by atoms with Gasteiger partial charge < -0.3 is 15.1 Å². The van der Waals surface area contributed by atoms with Gasteiger partial charge in [-0.1, -0.05) is 13.0 Å². The highest BCUT2D eigenvalue weighted by Gasteiger charge is 2.29. The van der Waals surface area contributed by atoms with Crippen LogP contribution in [0.2, 0.25) is 0 Å². The van der Waals surface area contributed by atoms with Crippen LogP contribution < -0.4 is 10.2 Å². The van der Waals surface area contributed by atoms with Gasteiger partial charge in [0.1, 0.15) is 5.82 Å². The molecule has 3 rings (SSSR count). The first-order valence-corrected chi connectivity index (χ1v) is 8.95. The third-order valence-corrected chi connectivity index (χ3v) is 5.06. The first-order valence-electron chi connectivity index (χ1n) is 8.95. The van der Waals surface area contributed by atoms with Gasteiger partial charge in [-0.3, -0.25) is 4.79 Å². The van der Waals surface area contributed by atoms with Gasteiger partial charge >= 0.3 is 0 Å². The molecule has 126 valence electrons. The van der Waals surface area contributed by atoms with Gasteiger partial charge in [-0.15, -0.1) is 0 Å². The minimum absolute atomic E-state index is 0.0859. The summed E-state index contributed by atoms with van der Waals surface area (Å²) in [5.41, 5.74) is 0. The van der Waals surface area contributed by atoms with E-state index in [-0.39, 0.29) is 11.8 Å². The quantitative estimate of drug-likeness (QED) is 0.922.